The van der Waals surface area contributed by atoms with Gasteiger partial charge in [-0.05, 0) is 81.3 Å². The molecule has 0 saturated carbocycles. The molecule has 18 heteroatoms. The Kier molecular flexibility index (Phi) is 15.0. The van der Waals surface area contributed by atoms with Crippen LogP contribution >= 0.6 is 0 Å². The number of benzene rings is 4. The maximum atomic E-state index is 13.2. The number of urea groups is 2. The smallest absolute Gasteiger partial charge is 0.471 e. The van der Waals surface area contributed by atoms with Gasteiger partial charge in [-0.3, -0.25) is 20.2 Å². The molecule has 0 heterocycles. The van der Waals surface area contributed by atoms with Gasteiger partial charge >= 0.3 is 36.2 Å². The number of aromatic hydroxyl groups is 2. The Labute approximate surface area is 378 Å². The quantitative estimate of drug-likeness (QED) is 0.0658. The lowest BCUT2D eigenvalue weighted by Gasteiger charge is -2.26. The number of hydrogen-bond donors (Lipinski definition) is 6. The summed E-state index contributed by atoms with van der Waals surface area (Å²) in [6, 6.07) is 10.0. The Morgan fingerprint density at radius 3 is 1.00 bits per heavy atom. The van der Waals surface area contributed by atoms with Gasteiger partial charge in [0.25, 0.3) is 0 Å². The van der Waals surface area contributed by atoms with E-state index < -0.39 is 47.1 Å². The molecule has 8 bridgehead atoms. The molecule has 0 atom stereocenters. The second-order valence-electron chi connectivity index (χ2n) is 18.2. The molecular weight excluding hydrogens is 875 g/mol. The number of halogens is 6. The molecule has 0 aromatic heterocycles. The summed E-state index contributed by atoms with van der Waals surface area (Å²) in [4.78, 5) is 49.2. The maximum absolute atomic E-state index is 13.2. The van der Waals surface area contributed by atoms with Crippen molar-refractivity contribution < 1.29 is 65.2 Å². The molecule has 0 fully saturated rings. The van der Waals surface area contributed by atoms with Crippen LogP contribution in [0, 0.1) is 0 Å². The lowest BCUT2D eigenvalue weighted by molar-refractivity contribution is -0.172. The molecule has 1 aliphatic rings. The van der Waals surface area contributed by atoms with Gasteiger partial charge in [0, 0.05) is 59.3 Å². The molecule has 0 saturated heterocycles. The van der Waals surface area contributed by atoms with Gasteiger partial charge in [0.2, 0.25) is 0 Å². The van der Waals surface area contributed by atoms with E-state index >= 15 is 0 Å². The van der Waals surface area contributed by atoms with Crippen LogP contribution < -0.4 is 30.7 Å². The van der Waals surface area contributed by atoms with Crippen molar-refractivity contribution >= 4 is 35.3 Å². The number of phenols is 2. The van der Waals surface area contributed by atoms with Crippen LogP contribution in [0.15, 0.2) is 48.5 Å². The van der Waals surface area contributed by atoms with E-state index in [-0.39, 0.29) is 84.0 Å². The number of fused-ring (bicyclic) bond motifs is 8. The summed E-state index contributed by atoms with van der Waals surface area (Å²) < 4.78 is 91.8. The Morgan fingerprint density at radius 1 is 0.500 bits per heavy atom. The first-order valence-corrected chi connectivity index (χ1v) is 21.2. The van der Waals surface area contributed by atoms with Crippen LogP contribution in [-0.2, 0) is 46.1 Å². The van der Waals surface area contributed by atoms with Crippen molar-refractivity contribution in [1.29, 1.82) is 0 Å². The van der Waals surface area contributed by atoms with Gasteiger partial charge in [0.15, 0.2) is 0 Å². The van der Waals surface area contributed by atoms with Crippen molar-refractivity contribution in [2.24, 2.45) is 0 Å². The summed E-state index contributed by atoms with van der Waals surface area (Å²) in [6.07, 6.45) is -9.89. The third kappa shape index (κ3) is 12.5. The zero-order valence-corrected chi connectivity index (χ0v) is 37.9. The van der Waals surface area contributed by atoms with E-state index in [1.165, 1.54) is 34.9 Å². The summed E-state index contributed by atoms with van der Waals surface area (Å²) in [5.74, 6) is -4.68. The van der Waals surface area contributed by atoms with Crippen LogP contribution in [0.5, 0.6) is 23.0 Å². The molecule has 6 amide bonds. The van der Waals surface area contributed by atoms with Gasteiger partial charge in [-0.25, -0.2) is 9.59 Å². The number of hydrogen-bond acceptors (Lipinski definition) is 8. The SMILES string of the molecule is CCCOc1c2cc(C(C)(C)C)cc1Cc1cc(NC(=O)NC(=O)C(F)(F)F)cc(c1O)Cc1cc(C(C)(C)C)cc(c1OCCC)Cc1cc(NC(=O)NC(=O)C(F)(F)F)cc(c1O)C2. The average Bonchev–Trinajstić information content (AvgIpc) is 3.18. The highest BCUT2D eigenvalue weighted by Crippen LogP contribution is 2.43. The van der Waals surface area contributed by atoms with E-state index in [1.54, 1.807) is 0 Å². The molecule has 0 spiro atoms. The number of anilines is 2. The maximum Gasteiger partial charge on any atom is 0.471 e. The fourth-order valence-corrected chi connectivity index (χ4v) is 7.38. The van der Waals surface area contributed by atoms with E-state index in [9.17, 15) is 55.7 Å². The standard InChI is InChI=1S/C48H54F6N4O8/c1-9-11-65-39-29-13-25-21-35(55-43(63)57-41(61)47(49,50)51)23-27(37(25)59)15-31-19-34(46(6,7)8)20-32(40(31)66-12-10-2)16-28-24-36(56-44(64)58-42(62)48(52,53)54)22-26(38(28)60)14-30(39)18-33(17-29)45(3,4)5/h17-24,59-60H,9-16H2,1-8H3,(H2,55,57,61,63)(H2,56,58,62,64). The molecule has 0 radical (unpaired) electrons. The van der Waals surface area contributed by atoms with Crippen molar-refractivity contribution in [2.75, 3.05) is 23.8 Å². The number of carbonyl (C=O) groups excluding carboxylic acids is 4. The van der Waals surface area contributed by atoms with E-state index in [4.69, 9.17) is 9.47 Å². The number of alkyl halides is 6. The Bertz CT molecular complexity index is 2250. The van der Waals surface area contributed by atoms with Crippen LogP contribution in [0.25, 0.3) is 0 Å². The van der Waals surface area contributed by atoms with Gasteiger partial charge < -0.3 is 30.3 Å². The minimum Gasteiger partial charge on any atom is -0.507 e. The highest BCUT2D eigenvalue weighted by molar-refractivity contribution is 6.03. The van der Waals surface area contributed by atoms with Gasteiger partial charge in [-0.2, -0.15) is 26.3 Å². The lowest BCUT2D eigenvalue weighted by atomic mass is 9.81. The number of nitrogens with one attached hydrogen (secondary N) is 4. The summed E-state index contributed by atoms with van der Waals surface area (Å²) in [5, 5.41) is 31.6. The zero-order chi connectivity index (χ0) is 49.1. The topological polar surface area (TPSA) is 175 Å². The van der Waals surface area contributed by atoms with Crippen molar-refractivity contribution in [2.45, 2.75) is 117 Å². The van der Waals surface area contributed by atoms with E-state index in [0.29, 0.717) is 46.6 Å². The fraction of sp³-hybridized carbons (Fsp3) is 0.417. The summed E-state index contributed by atoms with van der Waals surface area (Å²) in [6.45, 7) is 15.9. The Balaban J connectivity index is 1.86. The van der Waals surface area contributed by atoms with E-state index in [0.717, 1.165) is 11.1 Å². The number of phenolic OH excluding ortho intramolecular Hbond substituents is 2. The molecule has 4 aromatic carbocycles. The molecule has 5 rings (SSSR count). The largest absolute Gasteiger partial charge is 0.507 e. The van der Waals surface area contributed by atoms with Crippen LogP contribution in [0.4, 0.5) is 47.3 Å². The second-order valence-corrected chi connectivity index (χ2v) is 18.2. The minimum atomic E-state index is -5.35. The first-order chi connectivity index (χ1) is 30.6. The minimum absolute atomic E-state index is 0.0428. The molecule has 0 aliphatic heterocycles. The Hall–Kier alpha value is -6.46. The predicted octanol–water partition coefficient (Wildman–Crippen LogP) is 10.4. The fourth-order valence-electron chi connectivity index (χ4n) is 7.38. The number of ether oxygens (including phenoxy) is 2. The van der Waals surface area contributed by atoms with Crippen LogP contribution in [0.3, 0.4) is 0 Å². The predicted molar refractivity (Wildman–Crippen MR) is 236 cm³/mol. The zero-order valence-electron chi connectivity index (χ0n) is 37.9. The average molecular weight is 929 g/mol. The molecule has 356 valence electrons. The molecule has 0 unspecified atom stereocenters. The van der Waals surface area contributed by atoms with Crippen molar-refractivity contribution in [3.63, 3.8) is 0 Å². The van der Waals surface area contributed by atoms with Gasteiger partial charge in [-0.1, -0.05) is 79.7 Å². The van der Waals surface area contributed by atoms with Gasteiger partial charge in [0.1, 0.15) is 23.0 Å². The van der Waals surface area contributed by atoms with Crippen molar-refractivity contribution in [1.82, 2.24) is 10.6 Å². The van der Waals surface area contributed by atoms with Crippen LogP contribution in [0.1, 0.15) is 124 Å². The number of carbonyl (C=O) groups is 4. The number of imide groups is 2. The third-order valence-corrected chi connectivity index (χ3v) is 10.7. The van der Waals surface area contributed by atoms with Crippen molar-refractivity contribution in [3.8, 4) is 23.0 Å². The Morgan fingerprint density at radius 2 is 0.773 bits per heavy atom. The summed E-state index contributed by atoms with van der Waals surface area (Å²) in [7, 11) is 0. The number of rotatable bonds is 8. The van der Waals surface area contributed by atoms with E-state index in [2.05, 4.69) is 10.6 Å². The second kappa shape index (κ2) is 19.6. The van der Waals surface area contributed by atoms with Crippen LogP contribution in [0.2, 0.25) is 0 Å². The molecule has 6 N–H and O–H groups in total. The molecule has 1 aliphatic carbocycles. The van der Waals surface area contributed by atoms with Crippen molar-refractivity contribution in [3.05, 3.63) is 104 Å². The third-order valence-electron chi connectivity index (χ3n) is 10.7. The highest BCUT2D eigenvalue weighted by Gasteiger charge is 2.41. The lowest BCUT2D eigenvalue weighted by Crippen LogP contribution is -2.42. The molecular formula is C48H54F6N4O8. The summed E-state index contributed by atoms with van der Waals surface area (Å²) >= 11 is 0. The van der Waals surface area contributed by atoms with Crippen LogP contribution in [-0.4, -0.2) is 59.7 Å². The van der Waals surface area contributed by atoms with Gasteiger partial charge in [0.05, 0.1) is 13.2 Å². The first kappa shape index (κ1) is 50.5. The summed E-state index contributed by atoms with van der Waals surface area (Å²) in [5.41, 5.74) is 3.39. The normalized spacial score (nSPS) is 13.1. The first-order valence-electron chi connectivity index (χ1n) is 21.2. The monoisotopic (exact) mass is 928 g/mol. The van der Waals surface area contributed by atoms with Gasteiger partial charge in [-0.15, -0.1) is 0 Å². The van der Waals surface area contributed by atoms with E-state index in [1.807, 2.05) is 79.7 Å². The molecule has 4 aromatic rings. The molecule has 12 nitrogen and oxygen atoms in total. The molecule has 66 heavy (non-hydrogen) atoms. The highest BCUT2D eigenvalue weighted by atomic mass is 19.4. The number of amides is 6.